The van der Waals surface area contributed by atoms with Crippen LogP contribution < -0.4 is 10.1 Å². The maximum atomic E-state index is 13.4. The lowest BCUT2D eigenvalue weighted by molar-refractivity contribution is -0.139. The highest BCUT2D eigenvalue weighted by Crippen LogP contribution is 2.35. The van der Waals surface area contributed by atoms with Gasteiger partial charge in [-0.25, -0.2) is 9.78 Å². The lowest BCUT2D eigenvalue weighted by Crippen LogP contribution is -2.57. The highest BCUT2D eigenvalue weighted by atomic mass is 16.6. The van der Waals surface area contributed by atoms with Crippen LogP contribution in [0.1, 0.15) is 56.2 Å². The zero-order valence-electron chi connectivity index (χ0n) is 22.4. The molecule has 1 fully saturated rings. The van der Waals surface area contributed by atoms with Gasteiger partial charge in [0.15, 0.2) is 11.4 Å². The second-order valence-electron chi connectivity index (χ2n) is 10.7. The minimum absolute atomic E-state index is 0.108. The molecule has 3 aromatic rings. The fraction of sp³-hybridized carbons (Fsp3) is 0.345. The first-order valence-corrected chi connectivity index (χ1v) is 12.7. The number of aromatic hydroxyl groups is 1. The normalized spacial score (nSPS) is 14.7. The molecule has 0 saturated carbocycles. The summed E-state index contributed by atoms with van der Waals surface area (Å²) in [7, 11) is 0. The van der Waals surface area contributed by atoms with Gasteiger partial charge in [-0.1, -0.05) is 18.2 Å². The van der Waals surface area contributed by atoms with Crippen LogP contribution in [0.4, 0.5) is 4.79 Å². The molecule has 1 aliphatic heterocycles. The van der Waals surface area contributed by atoms with E-state index in [9.17, 15) is 29.9 Å². The van der Waals surface area contributed by atoms with Gasteiger partial charge < -0.3 is 29.9 Å². The molecule has 1 aliphatic rings. The third kappa shape index (κ3) is 6.40. The number of hydrogen-bond donors (Lipinski definition) is 3. The zero-order valence-corrected chi connectivity index (χ0v) is 22.4. The van der Waals surface area contributed by atoms with Crippen molar-refractivity contribution in [2.75, 3.05) is 13.1 Å². The van der Waals surface area contributed by atoms with Crippen molar-refractivity contribution in [3.8, 4) is 23.3 Å². The van der Waals surface area contributed by atoms with Crippen molar-refractivity contribution in [1.29, 1.82) is 5.26 Å². The van der Waals surface area contributed by atoms with E-state index in [1.165, 1.54) is 11.0 Å². The number of carbonyl (C=O) groups excluding carboxylic acids is 2. The van der Waals surface area contributed by atoms with Crippen molar-refractivity contribution in [3.05, 3.63) is 59.9 Å². The van der Waals surface area contributed by atoms with Crippen molar-refractivity contribution in [2.24, 2.45) is 0 Å². The highest BCUT2D eigenvalue weighted by molar-refractivity contribution is 6.03. The number of hydrogen-bond acceptors (Lipinski definition) is 8. The molecule has 0 aliphatic carbocycles. The summed E-state index contributed by atoms with van der Waals surface area (Å²) in [6, 6.07) is 15.6. The van der Waals surface area contributed by atoms with Crippen molar-refractivity contribution in [2.45, 2.75) is 51.2 Å². The number of para-hydroxylation sites is 1. The topological polar surface area (TPSA) is 162 Å². The average Bonchev–Trinajstić information content (AvgIpc) is 2.88. The predicted molar refractivity (Wildman–Crippen MR) is 144 cm³/mol. The van der Waals surface area contributed by atoms with Crippen LogP contribution in [0.15, 0.2) is 48.5 Å². The van der Waals surface area contributed by atoms with Crippen LogP contribution in [0.3, 0.4) is 0 Å². The van der Waals surface area contributed by atoms with Gasteiger partial charge >= 0.3 is 12.1 Å². The fourth-order valence-corrected chi connectivity index (χ4v) is 4.59. The first kappa shape index (κ1) is 28.2. The van der Waals surface area contributed by atoms with E-state index >= 15 is 0 Å². The molecule has 208 valence electrons. The Morgan fingerprint density at radius 2 is 1.75 bits per heavy atom. The van der Waals surface area contributed by atoms with Gasteiger partial charge in [0.05, 0.1) is 12.0 Å². The number of likely N-dealkylation sites (tertiary alicyclic amines) is 1. The molecular formula is C29H30N4O7. The Morgan fingerprint density at radius 1 is 1.07 bits per heavy atom. The summed E-state index contributed by atoms with van der Waals surface area (Å²) in [6.45, 7) is 5.57. The van der Waals surface area contributed by atoms with Crippen LogP contribution in [0, 0.1) is 11.3 Å². The predicted octanol–water partition coefficient (Wildman–Crippen LogP) is 4.58. The Bertz CT molecular complexity index is 1480. The third-order valence-electron chi connectivity index (χ3n) is 6.49. The summed E-state index contributed by atoms with van der Waals surface area (Å²) in [5.74, 6) is -1.42. The standard InChI is InChI=1S/C29H30N4O7/c1-28(2,3)40-27(38)33-13-11-29(12-14-33,16-23(34)35)32-26(37)24-25(36)20-10-9-19(15-21(20)22(17-30)31-24)39-18-7-5-4-6-8-18/h4-10,15,36H,11-14,16H2,1-3H3,(H,32,37)(H,34,35). The van der Waals surface area contributed by atoms with Gasteiger partial charge in [0.1, 0.15) is 28.9 Å². The van der Waals surface area contributed by atoms with Crippen molar-refractivity contribution < 1.29 is 34.1 Å². The molecule has 0 atom stereocenters. The number of benzene rings is 2. The Balaban J connectivity index is 1.59. The van der Waals surface area contributed by atoms with E-state index in [1.54, 1.807) is 45.0 Å². The lowest BCUT2D eigenvalue weighted by Gasteiger charge is -2.41. The van der Waals surface area contributed by atoms with E-state index in [-0.39, 0.29) is 42.4 Å². The molecule has 1 aromatic heterocycles. The molecule has 2 aromatic carbocycles. The molecule has 0 spiro atoms. The average molecular weight is 547 g/mol. The number of piperidine rings is 1. The summed E-state index contributed by atoms with van der Waals surface area (Å²) >= 11 is 0. The van der Waals surface area contributed by atoms with Crippen LogP contribution in [0.2, 0.25) is 0 Å². The van der Waals surface area contributed by atoms with E-state index < -0.39 is 47.0 Å². The number of carboxylic acid groups (broad SMARTS) is 1. The molecule has 2 heterocycles. The molecule has 0 bridgehead atoms. The van der Waals surface area contributed by atoms with Gasteiger partial charge in [-0.3, -0.25) is 9.59 Å². The summed E-state index contributed by atoms with van der Waals surface area (Å²) < 4.78 is 11.2. The fourth-order valence-electron chi connectivity index (χ4n) is 4.59. The highest BCUT2D eigenvalue weighted by Gasteiger charge is 2.41. The number of pyridine rings is 1. The number of carboxylic acids is 1. The smallest absolute Gasteiger partial charge is 0.410 e. The minimum Gasteiger partial charge on any atom is -0.505 e. The monoisotopic (exact) mass is 546 g/mol. The number of aromatic nitrogens is 1. The number of carbonyl (C=O) groups is 3. The Kier molecular flexibility index (Phi) is 7.81. The van der Waals surface area contributed by atoms with Gasteiger partial charge in [-0.15, -0.1) is 0 Å². The Hall–Kier alpha value is -4.85. The maximum Gasteiger partial charge on any atom is 0.410 e. The molecule has 0 radical (unpaired) electrons. The van der Waals surface area contributed by atoms with Crippen LogP contribution >= 0.6 is 0 Å². The second kappa shape index (κ2) is 11.1. The first-order valence-electron chi connectivity index (χ1n) is 12.7. The first-order chi connectivity index (χ1) is 18.9. The third-order valence-corrected chi connectivity index (χ3v) is 6.49. The molecule has 2 amide bonds. The second-order valence-corrected chi connectivity index (χ2v) is 10.7. The largest absolute Gasteiger partial charge is 0.505 e. The molecule has 40 heavy (non-hydrogen) atoms. The van der Waals surface area contributed by atoms with E-state index in [1.807, 2.05) is 24.3 Å². The van der Waals surface area contributed by atoms with Gasteiger partial charge in [0.2, 0.25) is 0 Å². The van der Waals surface area contributed by atoms with E-state index in [4.69, 9.17) is 9.47 Å². The van der Waals surface area contributed by atoms with E-state index in [2.05, 4.69) is 10.3 Å². The van der Waals surface area contributed by atoms with Crippen LogP contribution in [-0.2, 0) is 9.53 Å². The molecule has 3 N–H and O–H groups in total. The maximum absolute atomic E-state index is 13.4. The zero-order chi connectivity index (χ0) is 29.1. The summed E-state index contributed by atoms with van der Waals surface area (Å²) in [4.78, 5) is 43.2. The molecule has 1 saturated heterocycles. The van der Waals surface area contributed by atoms with Crippen LogP contribution in [-0.4, -0.2) is 62.3 Å². The Labute approximate surface area is 230 Å². The van der Waals surface area contributed by atoms with Crippen molar-refractivity contribution in [1.82, 2.24) is 15.2 Å². The minimum atomic E-state index is -1.20. The Morgan fingerprint density at radius 3 is 2.35 bits per heavy atom. The van der Waals surface area contributed by atoms with Crippen LogP contribution in [0.25, 0.3) is 10.8 Å². The van der Waals surface area contributed by atoms with E-state index in [0.717, 1.165) is 0 Å². The van der Waals surface area contributed by atoms with Crippen LogP contribution in [0.5, 0.6) is 17.2 Å². The van der Waals surface area contributed by atoms with Crippen molar-refractivity contribution >= 4 is 28.7 Å². The lowest BCUT2D eigenvalue weighted by atomic mass is 9.84. The number of amides is 2. The van der Waals surface area contributed by atoms with Gasteiger partial charge in [-0.05, 0) is 63.9 Å². The molecule has 4 rings (SSSR count). The number of fused-ring (bicyclic) bond motifs is 1. The molecule has 0 unspecified atom stereocenters. The number of aliphatic carboxylic acids is 1. The number of nitriles is 1. The van der Waals surface area contributed by atoms with Gasteiger partial charge in [-0.2, -0.15) is 5.26 Å². The quantitative estimate of drug-likeness (QED) is 0.402. The van der Waals surface area contributed by atoms with Gasteiger partial charge in [0, 0.05) is 23.9 Å². The number of nitrogens with one attached hydrogen (secondary N) is 1. The number of nitrogens with zero attached hydrogens (tertiary/aromatic N) is 3. The van der Waals surface area contributed by atoms with Gasteiger partial charge in [0.25, 0.3) is 5.91 Å². The molecule has 11 heteroatoms. The summed E-state index contributed by atoms with van der Waals surface area (Å²) in [5.41, 5.74) is -2.40. The van der Waals surface area contributed by atoms with Crippen molar-refractivity contribution in [3.63, 3.8) is 0 Å². The van der Waals surface area contributed by atoms with E-state index in [0.29, 0.717) is 11.5 Å². The number of rotatable bonds is 6. The number of ether oxygens (including phenoxy) is 2. The summed E-state index contributed by atoms with van der Waals surface area (Å²) in [6.07, 6.45) is -0.639. The molecular weight excluding hydrogens is 516 g/mol. The SMILES string of the molecule is CC(C)(C)OC(=O)N1CCC(CC(=O)O)(NC(=O)c2nc(C#N)c3cc(Oc4ccccc4)ccc3c2O)CC1. The summed E-state index contributed by atoms with van der Waals surface area (Å²) in [5, 5.41) is 33.6. The molecule has 11 nitrogen and oxygen atoms in total.